The number of benzene rings is 1. The zero-order chi connectivity index (χ0) is 21.7. The van der Waals surface area contributed by atoms with Crippen LogP contribution in [0.15, 0.2) is 52.5 Å². The number of likely N-dealkylation sites (N-methyl/N-ethyl adjacent to an activating group) is 1. The van der Waals surface area contributed by atoms with Gasteiger partial charge >= 0.3 is 0 Å². The minimum Gasteiger partial charge on any atom is -0.341 e. The van der Waals surface area contributed by atoms with Gasteiger partial charge in [-0.05, 0) is 25.2 Å². The van der Waals surface area contributed by atoms with Crippen LogP contribution in [-0.2, 0) is 21.4 Å². The molecule has 162 valence electrons. The smallest absolute Gasteiger partial charge is 0.244 e. The number of piperazine rings is 1. The highest BCUT2D eigenvalue weighted by atomic mass is 32.2. The third-order valence-electron chi connectivity index (χ3n) is 4.94. The Morgan fingerprint density at radius 3 is 2.50 bits per heavy atom. The summed E-state index contributed by atoms with van der Waals surface area (Å²) < 4.78 is 40.7. The Balaban J connectivity index is 1.55. The van der Waals surface area contributed by atoms with Crippen molar-refractivity contribution in [3.05, 3.63) is 54.0 Å². The van der Waals surface area contributed by atoms with Gasteiger partial charge in [0.2, 0.25) is 15.9 Å². The minimum absolute atomic E-state index is 0.127. The fraction of sp³-hybridized carbons (Fsp3) is 0.400. The van der Waals surface area contributed by atoms with E-state index in [0.29, 0.717) is 36.8 Å². The van der Waals surface area contributed by atoms with Crippen LogP contribution >= 0.6 is 11.8 Å². The fourth-order valence-corrected chi connectivity index (χ4v) is 5.15. The van der Waals surface area contributed by atoms with Crippen LogP contribution in [0.2, 0.25) is 0 Å². The number of halogens is 1. The second-order valence-electron chi connectivity index (χ2n) is 7.17. The third-order valence-corrected chi connectivity index (χ3v) is 7.75. The molecule has 1 aliphatic rings. The predicted octanol–water partition coefficient (Wildman–Crippen LogP) is 1.91. The number of amides is 1. The van der Waals surface area contributed by atoms with E-state index in [4.69, 9.17) is 0 Å². The van der Waals surface area contributed by atoms with Gasteiger partial charge in [0.15, 0.2) is 0 Å². The van der Waals surface area contributed by atoms with Crippen LogP contribution in [0.4, 0.5) is 4.39 Å². The molecule has 2 aromatic rings. The van der Waals surface area contributed by atoms with Crippen molar-refractivity contribution >= 4 is 27.7 Å². The largest absolute Gasteiger partial charge is 0.341 e. The third kappa shape index (κ3) is 5.57. The predicted molar refractivity (Wildman–Crippen MR) is 114 cm³/mol. The molecule has 0 unspecified atom stereocenters. The van der Waals surface area contributed by atoms with Crippen molar-refractivity contribution in [3.63, 3.8) is 0 Å². The molecule has 1 amide bonds. The van der Waals surface area contributed by atoms with Gasteiger partial charge < -0.3 is 9.80 Å². The summed E-state index contributed by atoms with van der Waals surface area (Å²) in [6.07, 6.45) is 1.34. The van der Waals surface area contributed by atoms with Crippen molar-refractivity contribution in [2.75, 3.05) is 46.0 Å². The summed E-state index contributed by atoms with van der Waals surface area (Å²) in [6.45, 7) is 2.49. The first kappa shape index (κ1) is 22.7. The van der Waals surface area contributed by atoms with Crippen LogP contribution in [0.5, 0.6) is 0 Å². The number of carbonyl (C=O) groups excluding carboxylic acids is 1. The summed E-state index contributed by atoms with van der Waals surface area (Å²) in [5, 5.41) is 0.556. The van der Waals surface area contributed by atoms with Crippen LogP contribution in [0.25, 0.3) is 0 Å². The highest BCUT2D eigenvalue weighted by Crippen LogP contribution is 2.21. The van der Waals surface area contributed by atoms with Crippen LogP contribution in [0.1, 0.15) is 5.56 Å². The molecule has 1 aromatic carbocycles. The number of pyridine rings is 1. The Kier molecular flexibility index (Phi) is 7.45. The Morgan fingerprint density at radius 2 is 1.87 bits per heavy atom. The molecule has 10 heteroatoms. The van der Waals surface area contributed by atoms with E-state index in [1.807, 2.05) is 7.05 Å². The Morgan fingerprint density at radius 1 is 1.17 bits per heavy atom. The standard InChI is InChI=1S/C20H25FN4O3S2/c1-23-9-11-25(12-10-23)30(27,28)17-7-8-19(22-13-17)29-15-20(26)24(2)14-16-5-3-4-6-18(16)21/h3-8,13H,9-12,14-15H2,1-2H3. The van der Waals surface area contributed by atoms with Crippen molar-refractivity contribution in [2.24, 2.45) is 0 Å². The molecular formula is C20H25FN4O3S2. The lowest BCUT2D eigenvalue weighted by Crippen LogP contribution is -2.47. The normalized spacial score (nSPS) is 15.8. The summed E-state index contributed by atoms with van der Waals surface area (Å²) in [5.74, 6) is -0.384. The van der Waals surface area contributed by atoms with Crippen LogP contribution < -0.4 is 0 Å². The van der Waals surface area contributed by atoms with E-state index in [9.17, 15) is 17.6 Å². The van der Waals surface area contributed by atoms with Crippen molar-refractivity contribution < 1.29 is 17.6 Å². The maximum Gasteiger partial charge on any atom is 0.244 e. The summed E-state index contributed by atoms with van der Waals surface area (Å²) in [5.41, 5.74) is 0.454. The van der Waals surface area contributed by atoms with Gasteiger partial charge in [-0.25, -0.2) is 17.8 Å². The van der Waals surface area contributed by atoms with E-state index in [1.165, 1.54) is 39.3 Å². The van der Waals surface area contributed by atoms with E-state index < -0.39 is 10.0 Å². The van der Waals surface area contributed by atoms with E-state index in [0.717, 1.165) is 0 Å². The first-order valence-electron chi connectivity index (χ1n) is 9.52. The molecule has 0 spiro atoms. The molecule has 1 fully saturated rings. The lowest BCUT2D eigenvalue weighted by atomic mass is 10.2. The number of sulfonamides is 1. The molecule has 1 saturated heterocycles. The quantitative estimate of drug-likeness (QED) is 0.598. The molecule has 30 heavy (non-hydrogen) atoms. The molecule has 0 N–H and O–H groups in total. The van der Waals surface area contributed by atoms with Gasteiger partial charge in [-0.15, -0.1) is 0 Å². The molecule has 0 bridgehead atoms. The number of nitrogens with zero attached hydrogens (tertiary/aromatic N) is 4. The molecule has 0 aliphatic carbocycles. The molecule has 0 atom stereocenters. The number of rotatable bonds is 7. The maximum atomic E-state index is 13.7. The molecule has 0 saturated carbocycles. The van der Waals surface area contributed by atoms with E-state index >= 15 is 0 Å². The van der Waals surface area contributed by atoms with E-state index in [2.05, 4.69) is 9.88 Å². The van der Waals surface area contributed by atoms with E-state index in [1.54, 1.807) is 31.3 Å². The number of hydrogen-bond donors (Lipinski definition) is 0. The van der Waals surface area contributed by atoms with E-state index in [-0.39, 0.29) is 28.9 Å². The van der Waals surface area contributed by atoms with Crippen molar-refractivity contribution in [3.8, 4) is 0 Å². The summed E-state index contributed by atoms with van der Waals surface area (Å²) in [4.78, 5) is 20.2. The lowest BCUT2D eigenvalue weighted by Gasteiger charge is -2.31. The van der Waals surface area contributed by atoms with Gasteiger partial charge in [0, 0.05) is 51.5 Å². The zero-order valence-electron chi connectivity index (χ0n) is 17.0. The number of carbonyl (C=O) groups is 1. The second kappa shape index (κ2) is 9.86. The maximum absolute atomic E-state index is 13.7. The highest BCUT2D eigenvalue weighted by molar-refractivity contribution is 7.99. The number of hydrogen-bond acceptors (Lipinski definition) is 6. The molecule has 2 heterocycles. The highest BCUT2D eigenvalue weighted by Gasteiger charge is 2.27. The Bertz CT molecular complexity index is 978. The average molecular weight is 453 g/mol. The average Bonchev–Trinajstić information content (AvgIpc) is 2.74. The van der Waals surface area contributed by atoms with Crippen molar-refractivity contribution in [2.45, 2.75) is 16.5 Å². The lowest BCUT2D eigenvalue weighted by molar-refractivity contribution is -0.127. The van der Waals surface area contributed by atoms with Crippen molar-refractivity contribution in [1.82, 2.24) is 19.1 Å². The molecule has 1 aliphatic heterocycles. The van der Waals surface area contributed by atoms with Gasteiger partial charge in [-0.2, -0.15) is 4.31 Å². The van der Waals surface area contributed by atoms with Crippen LogP contribution in [-0.4, -0.2) is 79.4 Å². The van der Waals surface area contributed by atoms with Gasteiger partial charge in [-0.3, -0.25) is 4.79 Å². The molecular weight excluding hydrogens is 427 g/mol. The van der Waals surface area contributed by atoms with Gasteiger partial charge in [0.1, 0.15) is 10.7 Å². The first-order valence-corrected chi connectivity index (χ1v) is 11.9. The summed E-state index contributed by atoms with van der Waals surface area (Å²) >= 11 is 1.22. The Labute approximate surface area is 180 Å². The number of thioether (sulfide) groups is 1. The second-order valence-corrected chi connectivity index (χ2v) is 10.1. The van der Waals surface area contributed by atoms with Crippen LogP contribution in [0.3, 0.4) is 0 Å². The topological polar surface area (TPSA) is 73.8 Å². The number of aromatic nitrogens is 1. The Hall–Kier alpha value is -2.01. The summed E-state index contributed by atoms with van der Waals surface area (Å²) in [7, 11) is 0.0230. The van der Waals surface area contributed by atoms with Crippen molar-refractivity contribution in [1.29, 1.82) is 0 Å². The first-order chi connectivity index (χ1) is 14.3. The van der Waals surface area contributed by atoms with Gasteiger partial charge in [-0.1, -0.05) is 30.0 Å². The van der Waals surface area contributed by atoms with Gasteiger partial charge in [0.25, 0.3) is 0 Å². The molecule has 3 rings (SSSR count). The SMILES string of the molecule is CN1CCN(S(=O)(=O)c2ccc(SCC(=O)N(C)Cc3ccccc3F)nc2)CC1. The van der Waals surface area contributed by atoms with Crippen LogP contribution in [0, 0.1) is 5.82 Å². The monoisotopic (exact) mass is 452 g/mol. The van der Waals surface area contributed by atoms with Gasteiger partial charge in [0.05, 0.1) is 10.8 Å². The minimum atomic E-state index is -3.56. The molecule has 7 nitrogen and oxygen atoms in total. The zero-order valence-corrected chi connectivity index (χ0v) is 18.6. The fourth-order valence-electron chi connectivity index (χ4n) is 3.00. The summed E-state index contributed by atoms with van der Waals surface area (Å²) in [6, 6.07) is 9.48. The molecule has 1 aromatic heterocycles. The molecule has 0 radical (unpaired) electrons.